The third-order valence-electron chi connectivity index (χ3n) is 1.38. The summed E-state index contributed by atoms with van der Waals surface area (Å²) in [6.45, 7) is 0. The van der Waals surface area contributed by atoms with E-state index in [1.807, 2.05) is 6.08 Å². The van der Waals surface area contributed by atoms with Crippen LogP contribution in [0.15, 0.2) is 17.3 Å². The van der Waals surface area contributed by atoms with Crippen molar-refractivity contribution in [1.82, 2.24) is 5.43 Å². The van der Waals surface area contributed by atoms with E-state index in [9.17, 15) is 0 Å². The van der Waals surface area contributed by atoms with Crippen LogP contribution < -0.4 is 5.43 Å². The van der Waals surface area contributed by atoms with Crippen molar-refractivity contribution >= 4 is 11.4 Å². The van der Waals surface area contributed by atoms with E-state index in [4.69, 9.17) is 5.41 Å². The fourth-order valence-electron chi connectivity index (χ4n) is 0.863. The van der Waals surface area contributed by atoms with Crippen molar-refractivity contribution in [2.75, 3.05) is 7.05 Å². The van der Waals surface area contributed by atoms with Crippen LogP contribution in [-0.4, -0.2) is 18.5 Å². The molecule has 0 saturated carbocycles. The van der Waals surface area contributed by atoms with Crippen LogP contribution >= 0.6 is 0 Å². The van der Waals surface area contributed by atoms with Gasteiger partial charge in [0.15, 0.2) is 0 Å². The summed E-state index contributed by atoms with van der Waals surface area (Å²) in [5, 5.41) is 11.2. The molecule has 0 bridgehead atoms. The minimum Gasteiger partial charge on any atom is -0.313 e. The van der Waals surface area contributed by atoms with Gasteiger partial charge in [-0.2, -0.15) is 5.10 Å². The van der Waals surface area contributed by atoms with E-state index in [-0.39, 0.29) is 0 Å². The summed E-state index contributed by atoms with van der Waals surface area (Å²) in [6, 6.07) is 0. The second-order valence-electron chi connectivity index (χ2n) is 2.19. The summed E-state index contributed by atoms with van der Waals surface area (Å²) in [4.78, 5) is 0. The molecule has 0 aromatic rings. The van der Waals surface area contributed by atoms with E-state index in [0.29, 0.717) is 5.71 Å². The van der Waals surface area contributed by atoms with Crippen LogP contribution in [-0.2, 0) is 0 Å². The van der Waals surface area contributed by atoms with Crippen molar-refractivity contribution in [1.29, 1.82) is 5.41 Å². The Kier molecular flexibility index (Phi) is 2.20. The summed E-state index contributed by atoms with van der Waals surface area (Å²) >= 11 is 0. The van der Waals surface area contributed by atoms with Gasteiger partial charge in [0.25, 0.3) is 0 Å². The highest BCUT2D eigenvalue weighted by molar-refractivity contribution is 6.07. The lowest BCUT2D eigenvalue weighted by atomic mass is 10.0. The Bertz CT molecular complexity index is 191. The topological polar surface area (TPSA) is 48.2 Å². The van der Waals surface area contributed by atoms with Gasteiger partial charge in [0.1, 0.15) is 0 Å². The van der Waals surface area contributed by atoms with Crippen molar-refractivity contribution in [2.24, 2.45) is 5.10 Å². The molecule has 0 aromatic heterocycles. The lowest BCUT2D eigenvalue weighted by Crippen LogP contribution is -2.09. The van der Waals surface area contributed by atoms with Gasteiger partial charge in [0, 0.05) is 12.8 Å². The van der Waals surface area contributed by atoms with Gasteiger partial charge in [-0.25, -0.2) is 0 Å². The maximum absolute atomic E-state index is 7.25. The molecule has 1 aliphatic rings. The molecule has 0 heterocycles. The predicted octanol–water partition coefficient (Wildman–Crippen LogP) is 0.932. The zero-order valence-corrected chi connectivity index (χ0v) is 6.02. The zero-order valence-electron chi connectivity index (χ0n) is 6.02. The second kappa shape index (κ2) is 3.15. The number of allylic oxidation sites excluding steroid dienone is 2. The van der Waals surface area contributed by atoms with E-state index in [1.165, 1.54) is 0 Å². The van der Waals surface area contributed by atoms with Gasteiger partial charge in [-0.15, -0.1) is 0 Å². The number of nitrogens with one attached hydrogen (secondary N) is 2. The van der Waals surface area contributed by atoms with Crippen LogP contribution in [0.4, 0.5) is 0 Å². The maximum atomic E-state index is 7.25. The Balaban J connectivity index is 2.61. The maximum Gasteiger partial charge on any atom is 0.0607 e. The molecule has 0 atom stereocenters. The molecule has 1 aliphatic carbocycles. The van der Waals surface area contributed by atoms with E-state index >= 15 is 0 Å². The molecule has 10 heavy (non-hydrogen) atoms. The van der Waals surface area contributed by atoms with Crippen molar-refractivity contribution in [3.05, 3.63) is 12.2 Å². The van der Waals surface area contributed by atoms with Crippen molar-refractivity contribution in [3.8, 4) is 0 Å². The van der Waals surface area contributed by atoms with E-state index in [1.54, 1.807) is 13.1 Å². The fraction of sp³-hybridized carbons (Fsp3) is 0.429. The number of rotatable bonds is 1. The Morgan fingerprint density at radius 3 is 2.80 bits per heavy atom. The fourth-order valence-corrected chi connectivity index (χ4v) is 0.863. The molecule has 0 unspecified atom stereocenters. The molecular weight excluding hydrogens is 126 g/mol. The summed E-state index contributed by atoms with van der Waals surface area (Å²) in [7, 11) is 1.78. The first-order chi connectivity index (χ1) is 4.83. The molecule has 3 nitrogen and oxygen atoms in total. The Morgan fingerprint density at radius 1 is 1.50 bits per heavy atom. The summed E-state index contributed by atoms with van der Waals surface area (Å²) in [5.41, 5.74) is 4.43. The molecular formula is C7H11N3. The average Bonchev–Trinajstić information content (AvgIpc) is 1.95. The molecule has 0 aromatic carbocycles. The molecule has 54 valence electrons. The molecule has 0 saturated heterocycles. The Labute approximate surface area is 60.3 Å². The van der Waals surface area contributed by atoms with E-state index in [2.05, 4.69) is 10.5 Å². The number of hydrazone groups is 1. The normalized spacial score (nSPS) is 21.7. The monoisotopic (exact) mass is 137 g/mol. The smallest absolute Gasteiger partial charge is 0.0607 e. The lowest BCUT2D eigenvalue weighted by molar-refractivity contribution is 0.889. The van der Waals surface area contributed by atoms with E-state index < -0.39 is 0 Å². The first-order valence-corrected chi connectivity index (χ1v) is 3.32. The lowest BCUT2D eigenvalue weighted by Gasteiger charge is -2.05. The van der Waals surface area contributed by atoms with Crippen molar-refractivity contribution in [3.63, 3.8) is 0 Å². The van der Waals surface area contributed by atoms with E-state index in [0.717, 1.165) is 18.6 Å². The van der Waals surface area contributed by atoms with Crippen molar-refractivity contribution < 1.29 is 0 Å². The summed E-state index contributed by atoms with van der Waals surface area (Å²) < 4.78 is 0. The molecule has 0 spiro atoms. The molecule has 2 N–H and O–H groups in total. The van der Waals surface area contributed by atoms with Gasteiger partial charge < -0.3 is 10.8 Å². The van der Waals surface area contributed by atoms with Gasteiger partial charge in [-0.3, -0.25) is 0 Å². The highest BCUT2D eigenvalue weighted by Crippen LogP contribution is 2.03. The highest BCUT2D eigenvalue weighted by atomic mass is 15.3. The highest BCUT2D eigenvalue weighted by Gasteiger charge is 2.03. The first-order valence-electron chi connectivity index (χ1n) is 3.32. The summed E-state index contributed by atoms with van der Waals surface area (Å²) in [5.74, 6) is 0. The Hall–Kier alpha value is -1.12. The average molecular weight is 137 g/mol. The van der Waals surface area contributed by atoms with Gasteiger partial charge in [-0.05, 0) is 25.0 Å². The van der Waals surface area contributed by atoms with Crippen molar-refractivity contribution in [2.45, 2.75) is 12.8 Å². The largest absolute Gasteiger partial charge is 0.313 e. The molecule has 0 radical (unpaired) electrons. The standard InChI is InChI=1S/C7H11N3/c1-9-10-7-4-2-6(8)3-5-7/h2,4,8-9H,3,5H2,1H3. The van der Waals surface area contributed by atoms with Crippen LogP contribution in [0, 0.1) is 5.41 Å². The van der Waals surface area contributed by atoms with Crippen LogP contribution in [0.1, 0.15) is 12.8 Å². The number of hydrogen-bond acceptors (Lipinski definition) is 3. The molecule has 3 heteroatoms. The van der Waals surface area contributed by atoms with Crippen LogP contribution in [0.3, 0.4) is 0 Å². The van der Waals surface area contributed by atoms with Gasteiger partial charge in [-0.1, -0.05) is 0 Å². The Morgan fingerprint density at radius 2 is 2.30 bits per heavy atom. The molecule has 1 rings (SSSR count). The van der Waals surface area contributed by atoms with Crippen LogP contribution in [0.2, 0.25) is 0 Å². The minimum absolute atomic E-state index is 0.690. The third kappa shape index (κ3) is 1.69. The molecule has 0 fully saturated rings. The van der Waals surface area contributed by atoms with Crippen LogP contribution in [0.25, 0.3) is 0 Å². The quantitative estimate of drug-likeness (QED) is 0.519. The zero-order chi connectivity index (χ0) is 7.40. The predicted molar refractivity (Wildman–Crippen MR) is 42.6 cm³/mol. The SMILES string of the molecule is CNN=C1C=CC(=N)CC1. The first kappa shape index (κ1) is 6.99. The minimum atomic E-state index is 0.690. The second-order valence-corrected chi connectivity index (χ2v) is 2.19. The molecule has 0 amide bonds. The van der Waals surface area contributed by atoms with Gasteiger partial charge >= 0.3 is 0 Å². The third-order valence-corrected chi connectivity index (χ3v) is 1.38. The number of nitrogens with zero attached hydrogens (tertiary/aromatic N) is 1. The summed E-state index contributed by atoms with van der Waals surface area (Å²) in [6.07, 6.45) is 5.37. The molecule has 0 aliphatic heterocycles. The van der Waals surface area contributed by atoms with Crippen LogP contribution in [0.5, 0.6) is 0 Å². The number of hydrogen-bond donors (Lipinski definition) is 2. The van der Waals surface area contributed by atoms with Gasteiger partial charge in [0.2, 0.25) is 0 Å². The van der Waals surface area contributed by atoms with Gasteiger partial charge in [0.05, 0.1) is 5.71 Å².